The molecule has 0 saturated carbocycles. The van der Waals surface area contributed by atoms with Gasteiger partial charge in [-0.25, -0.2) is 18.3 Å². The zero-order chi connectivity index (χ0) is 25.8. The van der Waals surface area contributed by atoms with Crippen LogP contribution in [0.15, 0.2) is 42.7 Å². The predicted molar refractivity (Wildman–Crippen MR) is 137 cm³/mol. The van der Waals surface area contributed by atoms with E-state index in [-0.39, 0.29) is 40.0 Å². The van der Waals surface area contributed by atoms with E-state index in [1.165, 1.54) is 16.6 Å². The van der Waals surface area contributed by atoms with Crippen molar-refractivity contribution in [3.05, 3.63) is 59.9 Å². The largest absolute Gasteiger partial charge is 0.453 e. The van der Waals surface area contributed by atoms with Crippen molar-refractivity contribution in [2.45, 2.75) is 26.8 Å². The van der Waals surface area contributed by atoms with E-state index in [0.29, 0.717) is 30.0 Å². The van der Waals surface area contributed by atoms with E-state index in [4.69, 9.17) is 10.5 Å². The molecule has 3 aromatic heterocycles. The Balaban J connectivity index is 0.00000253. The Hall–Kier alpha value is -4.35. The lowest BCUT2D eigenvalue weighted by atomic mass is 10.1. The number of nitrogen functional groups attached to an aromatic ring is 1. The SMILES string of the molecule is CCN(CC)C(=O)COc1nc(N[C@@H](C)c2ccc(F)cc2F)cc(-c2c(N)nn3cccnc23)n1.[HH].[HH].[HH]. The van der Waals surface area contributed by atoms with Gasteiger partial charge in [0, 0.05) is 47.5 Å². The maximum atomic E-state index is 14.3. The van der Waals surface area contributed by atoms with Gasteiger partial charge < -0.3 is 20.7 Å². The molecule has 3 N–H and O–H groups in total. The van der Waals surface area contributed by atoms with Crippen LogP contribution in [0.5, 0.6) is 6.01 Å². The zero-order valence-electron chi connectivity index (χ0n) is 20.1. The predicted octanol–water partition coefficient (Wildman–Crippen LogP) is 4.21. The van der Waals surface area contributed by atoms with Crippen LogP contribution >= 0.6 is 0 Å². The first-order chi connectivity index (χ1) is 17.3. The van der Waals surface area contributed by atoms with E-state index in [1.807, 2.05) is 13.8 Å². The number of hydrogen-bond donors (Lipinski definition) is 2. The maximum absolute atomic E-state index is 14.3. The highest BCUT2D eigenvalue weighted by Gasteiger charge is 2.20. The van der Waals surface area contributed by atoms with Crippen molar-refractivity contribution in [2.24, 2.45) is 0 Å². The Bertz CT molecular complexity index is 1410. The first-order valence-corrected chi connectivity index (χ1v) is 11.4. The maximum Gasteiger partial charge on any atom is 0.319 e. The second-order valence-electron chi connectivity index (χ2n) is 7.96. The average molecular weight is 503 g/mol. The van der Waals surface area contributed by atoms with E-state index in [0.717, 1.165) is 6.07 Å². The van der Waals surface area contributed by atoms with E-state index in [2.05, 4.69) is 25.4 Å². The molecule has 0 bridgehead atoms. The second-order valence-corrected chi connectivity index (χ2v) is 7.96. The molecule has 12 heteroatoms. The third kappa shape index (κ3) is 5.16. The Morgan fingerprint density at radius 1 is 1.25 bits per heavy atom. The molecule has 1 atom stereocenters. The summed E-state index contributed by atoms with van der Waals surface area (Å²) in [4.78, 5) is 27.2. The number of benzene rings is 1. The number of halogens is 2. The minimum Gasteiger partial charge on any atom is -0.453 e. The van der Waals surface area contributed by atoms with Crippen LogP contribution < -0.4 is 15.8 Å². The summed E-state index contributed by atoms with van der Waals surface area (Å²) >= 11 is 0. The number of fused-ring (bicyclic) bond motifs is 1. The highest BCUT2D eigenvalue weighted by Crippen LogP contribution is 2.31. The molecule has 36 heavy (non-hydrogen) atoms. The van der Waals surface area contributed by atoms with Crippen LogP contribution in [0, 0.1) is 11.6 Å². The summed E-state index contributed by atoms with van der Waals surface area (Å²) < 4.78 is 34.9. The number of anilines is 2. The summed E-state index contributed by atoms with van der Waals surface area (Å²) in [5.74, 6) is -1.13. The monoisotopic (exact) mass is 502 g/mol. The molecule has 4 rings (SSSR count). The molecule has 4 aromatic rings. The van der Waals surface area contributed by atoms with Crippen LogP contribution in [0.1, 0.15) is 36.7 Å². The number of ether oxygens (including phenoxy) is 1. The minimum atomic E-state index is -0.693. The second kappa shape index (κ2) is 10.5. The molecule has 1 aromatic carbocycles. The standard InChI is InChI=1S/C24H26F2N8O2.3H2/c1-4-33(5-2)20(35)13-36-24-30-18(21-22(27)32-34-10-6-9-28-23(21)34)12-19(31-24)29-14(3)16-8-7-15(25)11-17(16)26;;;/h6-12,14H,4-5,13H2,1-3H3,(H2,27,32)(H,29,30,31);3*1H/t14-;;;/m0.../s1. The topological polar surface area (TPSA) is 124 Å². The third-order valence-electron chi connectivity index (χ3n) is 5.62. The van der Waals surface area contributed by atoms with Crippen LogP contribution in [0.3, 0.4) is 0 Å². The van der Waals surface area contributed by atoms with E-state index >= 15 is 0 Å². The molecule has 0 unspecified atom stereocenters. The molecule has 0 saturated heterocycles. The van der Waals surface area contributed by atoms with Crippen LogP contribution in [0.4, 0.5) is 20.4 Å². The minimum absolute atomic E-state index is 0. The lowest BCUT2D eigenvalue weighted by molar-refractivity contribution is -0.133. The lowest BCUT2D eigenvalue weighted by Gasteiger charge is -2.19. The van der Waals surface area contributed by atoms with Gasteiger partial charge in [0.05, 0.1) is 17.3 Å². The number of carbonyl (C=O) groups excluding carboxylic acids is 1. The van der Waals surface area contributed by atoms with Crippen LogP contribution in [0.25, 0.3) is 16.9 Å². The fourth-order valence-electron chi connectivity index (χ4n) is 3.79. The molecular weight excluding hydrogens is 470 g/mol. The molecule has 0 spiro atoms. The Morgan fingerprint density at radius 3 is 2.75 bits per heavy atom. The molecule has 10 nitrogen and oxygen atoms in total. The number of nitrogens with one attached hydrogen (secondary N) is 1. The number of rotatable bonds is 9. The van der Waals surface area contributed by atoms with Crippen molar-refractivity contribution >= 4 is 23.2 Å². The summed E-state index contributed by atoms with van der Waals surface area (Å²) in [6.07, 6.45) is 3.29. The van der Waals surface area contributed by atoms with Crippen molar-refractivity contribution in [2.75, 3.05) is 30.7 Å². The molecule has 0 radical (unpaired) electrons. The third-order valence-corrected chi connectivity index (χ3v) is 5.62. The summed E-state index contributed by atoms with van der Waals surface area (Å²) in [5.41, 5.74) is 7.66. The Kier molecular flexibility index (Phi) is 7.23. The van der Waals surface area contributed by atoms with Gasteiger partial charge in [0.15, 0.2) is 18.1 Å². The molecular formula is C24H32F2N8O2. The van der Waals surface area contributed by atoms with Crippen molar-refractivity contribution in [1.82, 2.24) is 29.5 Å². The molecule has 1 amide bonds. The summed E-state index contributed by atoms with van der Waals surface area (Å²) in [6.45, 7) is 6.26. The van der Waals surface area contributed by atoms with Gasteiger partial charge in [-0.1, -0.05) is 6.07 Å². The van der Waals surface area contributed by atoms with Crippen LogP contribution in [0.2, 0.25) is 0 Å². The lowest BCUT2D eigenvalue weighted by Crippen LogP contribution is -2.34. The zero-order valence-corrected chi connectivity index (χ0v) is 20.1. The first kappa shape index (κ1) is 24.8. The smallest absolute Gasteiger partial charge is 0.319 e. The normalized spacial score (nSPS) is 11.9. The summed E-state index contributed by atoms with van der Waals surface area (Å²) in [5, 5.41) is 7.35. The molecule has 3 heterocycles. The fraction of sp³-hybridized carbons (Fsp3) is 0.292. The van der Waals surface area contributed by atoms with E-state index in [9.17, 15) is 13.6 Å². The molecule has 194 valence electrons. The van der Waals surface area contributed by atoms with Gasteiger partial charge in [-0.05, 0) is 32.9 Å². The number of aromatic nitrogens is 5. The van der Waals surface area contributed by atoms with E-state index in [1.54, 1.807) is 36.4 Å². The van der Waals surface area contributed by atoms with Crippen molar-refractivity contribution < 1.29 is 22.6 Å². The Morgan fingerprint density at radius 2 is 2.03 bits per heavy atom. The number of hydrogen-bond acceptors (Lipinski definition) is 8. The quantitative estimate of drug-likeness (QED) is 0.349. The first-order valence-electron chi connectivity index (χ1n) is 11.4. The molecule has 0 fully saturated rings. The summed E-state index contributed by atoms with van der Waals surface area (Å²) in [7, 11) is 0. The van der Waals surface area contributed by atoms with Crippen molar-refractivity contribution in [3.8, 4) is 17.3 Å². The van der Waals surface area contributed by atoms with Gasteiger partial charge >= 0.3 is 6.01 Å². The number of nitrogens with zero attached hydrogens (tertiary/aromatic N) is 6. The molecule has 0 aliphatic heterocycles. The van der Waals surface area contributed by atoms with Gasteiger partial charge in [0.25, 0.3) is 5.91 Å². The molecule has 0 aliphatic carbocycles. The van der Waals surface area contributed by atoms with Crippen molar-refractivity contribution in [3.63, 3.8) is 0 Å². The number of amides is 1. The van der Waals surface area contributed by atoms with Gasteiger partial charge in [-0.15, -0.1) is 5.10 Å². The number of likely N-dealkylation sites (N-methyl/N-ethyl adjacent to an activating group) is 1. The number of carbonyl (C=O) groups is 1. The van der Waals surface area contributed by atoms with Gasteiger partial charge in [0.2, 0.25) is 0 Å². The van der Waals surface area contributed by atoms with Crippen LogP contribution in [-0.2, 0) is 4.79 Å². The molecule has 0 aliphatic rings. The Labute approximate surface area is 210 Å². The highest BCUT2D eigenvalue weighted by atomic mass is 19.1. The van der Waals surface area contributed by atoms with Gasteiger partial charge in [0.1, 0.15) is 17.5 Å². The van der Waals surface area contributed by atoms with Gasteiger partial charge in [-0.2, -0.15) is 9.97 Å². The highest BCUT2D eigenvalue weighted by molar-refractivity contribution is 5.85. The summed E-state index contributed by atoms with van der Waals surface area (Å²) in [6, 6.07) is 5.99. The van der Waals surface area contributed by atoms with Crippen LogP contribution in [-0.4, -0.2) is 55.1 Å². The van der Waals surface area contributed by atoms with E-state index < -0.39 is 17.7 Å². The van der Waals surface area contributed by atoms with Crippen molar-refractivity contribution in [1.29, 1.82) is 0 Å². The average Bonchev–Trinajstić information content (AvgIpc) is 3.19. The fourth-order valence-corrected chi connectivity index (χ4v) is 3.79. The number of nitrogens with two attached hydrogens (primary N) is 1. The van der Waals surface area contributed by atoms with Gasteiger partial charge in [-0.3, -0.25) is 4.79 Å².